The number of carbonyl (C=O) groups excluding carboxylic acids is 2. The molecule has 0 spiro atoms. The standard InChI is InChI=1S/C15H21ClN2O3/c1-10(19)7-8-17-15(21)9-14(18-11(2)20)12-3-5-13(16)6-4-12/h3-6,10,14,19H,7-9H2,1-2H3,(H,17,21)(H,18,20). The Morgan fingerprint density at radius 3 is 2.43 bits per heavy atom. The van der Waals surface area contributed by atoms with Crippen LogP contribution in [0.3, 0.4) is 0 Å². The van der Waals surface area contributed by atoms with Gasteiger partial charge in [0.15, 0.2) is 0 Å². The van der Waals surface area contributed by atoms with Crippen LogP contribution in [0.5, 0.6) is 0 Å². The van der Waals surface area contributed by atoms with Crippen molar-refractivity contribution in [3.8, 4) is 0 Å². The molecule has 1 aromatic rings. The number of hydrogen-bond acceptors (Lipinski definition) is 3. The Morgan fingerprint density at radius 1 is 1.29 bits per heavy atom. The molecule has 2 unspecified atom stereocenters. The fraction of sp³-hybridized carbons (Fsp3) is 0.467. The Hall–Kier alpha value is -1.59. The highest BCUT2D eigenvalue weighted by Crippen LogP contribution is 2.19. The van der Waals surface area contributed by atoms with Gasteiger partial charge >= 0.3 is 0 Å². The molecule has 0 fully saturated rings. The maximum atomic E-state index is 11.9. The number of nitrogens with one attached hydrogen (secondary N) is 2. The molecule has 0 bridgehead atoms. The monoisotopic (exact) mass is 312 g/mol. The number of amides is 2. The number of halogens is 1. The predicted molar refractivity (Wildman–Crippen MR) is 81.9 cm³/mol. The minimum absolute atomic E-state index is 0.140. The van der Waals surface area contributed by atoms with E-state index in [-0.39, 0.29) is 18.2 Å². The Labute approximate surface area is 129 Å². The average molecular weight is 313 g/mol. The highest BCUT2D eigenvalue weighted by Gasteiger charge is 2.17. The number of carbonyl (C=O) groups is 2. The van der Waals surface area contributed by atoms with Gasteiger partial charge in [-0.2, -0.15) is 0 Å². The summed E-state index contributed by atoms with van der Waals surface area (Å²) < 4.78 is 0. The predicted octanol–water partition coefficient (Wildman–Crippen LogP) is 1.79. The van der Waals surface area contributed by atoms with Crippen LogP contribution in [0.15, 0.2) is 24.3 Å². The molecule has 21 heavy (non-hydrogen) atoms. The molecule has 1 rings (SSSR count). The molecule has 0 radical (unpaired) electrons. The molecular formula is C15H21ClN2O3. The first kappa shape index (κ1) is 17.5. The summed E-state index contributed by atoms with van der Waals surface area (Å²) >= 11 is 5.84. The van der Waals surface area contributed by atoms with Gasteiger partial charge in [0.25, 0.3) is 0 Å². The lowest BCUT2D eigenvalue weighted by Gasteiger charge is -2.18. The van der Waals surface area contributed by atoms with E-state index >= 15 is 0 Å². The van der Waals surface area contributed by atoms with E-state index in [2.05, 4.69) is 10.6 Å². The quantitative estimate of drug-likeness (QED) is 0.718. The summed E-state index contributed by atoms with van der Waals surface area (Å²) in [6.45, 7) is 3.48. The molecule has 5 nitrogen and oxygen atoms in total. The lowest BCUT2D eigenvalue weighted by Crippen LogP contribution is -2.33. The molecule has 0 saturated heterocycles. The second-order valence-electron chi connectivity index (χ2n) is 5.00. The van der Waals surface area contributed by atoms with Crippen LogP contribution in [-0.2, 0) is 9.59 Å². The van der Waals surface area contributed by atoms with E-state index in [1.165, 1.54) is 6.92 Å². The molecule has 116 valence electrons. The first-order valence-electron chi connectivity index (χ1n) is 6.86. The molecule has 6 heteroatoms. The van der Waals surface area contributed by atoms with Gasteiger partial charge in [0.05, 0.1) is 18.6 Å². The van der Waals surface area contributed by atoms with Gasteiger partial charge in [-0.1, -0.05) is 23.7 Å². The van der Waals surface area contributed by atoms with Crippen molar-refractivity contribution >= 4 is 23.4 Å². The molecule has 3 N–H and O–H groups in total. The molecule has 0 heterocycles. The van der Waals surface area contributed by atoms with Crippen LogP contribution in [0.4, 0.5) is 0 Å². The van der Waals surface area contributed by atoms with Crippen molar-refractivity contribution in [1.82, 2.24) is 10.6 Å². The summed E-state index contributed by atoms with van der Waals surface area (Å²) in [7, 11) is 0. The average Bonchev–Trinajstić information content (AvgIpc) is 2.37. The topological polar surface area (TPSA) is 78.4 Å². The van der Waals surface area contributed by atoms with Crippen molar-refractivity contribution in [3.05, 3.63) is 34.9 Å². The van der Waals surface area contributed by atoms with E-state index in [1.807, 2.05) is 0 Å². The van der Waals surface area contributed by atoms with Crippen LogP contribution in [0, 0.1) is 0 Å². The van der Waals surface area contributed by atoms with E-state index in [0.29, 0.717) is 18.0 Å². The SMILES string of the molecule is CC(=O)NC(CC(=O)NCCC(C)O)c1ccc(Cl)cc1. The van der Waals surface area contributed by atoms with E-state index in [9.17, 15) is 9.59 Å². The third kappa shape index (κ3) is 7.11. The van der Waals surface area contributed by atoms with Gasteiger partial charge < -0.3 is 15.7 Å². The zero-order valence-corrected chi connectivity index (χ0v) is 13.0. The zero-order chi connectivity index (χ0) is 15.8. The Morgan fingerprint density at radius 2 is 1.90 bits per heavy atom. The fourth-order valence-corrected chi connectivity index (χ4v) is 2.00. The second-order valence-corrected chi connectivity index (χ2v) is 5.43. The van der Waals surface area contributed by atoms with Crippen molar-refractivity contribution in [3.63, 3.8) is 0 Å². The van der Waals surface area contributed by atoms with Crippen molar-refractivity contribution in [2.24, 2.45) is 0 Å². The molecule has 0 aliphatic rings. The van der Waals surface area contributed by atoms with Gasteiger partial charge in [0.1, 0.15) is 0 Å². The summed E-state index contributed by atoms with van der Waals surface area (Å²) in [6, 6.07) is 6.61. The molecule has 0 aliphatic carbocycles. The van der Waals surface area contributed by atoms with Crippen molar-refractivity contribution in [2.75, 3.05) is 6.54 Å². The summed E-state index contributed by atoms with van der Waals surface area (Å²) in [5.41, 5.74) is 0.820. The van der Waals surface area contributed by atoms with Crippen molar-refractivity contribution in [1.29, 1.82) is 0 Å². The molecule has 2 atom stereocenters. The highest BCUT2D eigenvalue weighted by molar-refractivity contribution is 6.30. The fourth-order valence-electron chi connectivity index (χ4n) is 1.87. The van der Waals surface area contributed by atoms with Gasteiger partial charge in [-0.05, 0) is 31.0 Å². The summed E-state index contributed by atoms with van der Waals surface area (Å²) in [4.78, 5) is 23.2. The molecular weight excluding hydrogens is 292 g/mol. The number of hydrogen-bond donors (Lipinski definition) is 3. The third-order valence-electron chi connectivity index (χ3n) is 2.92. The first-order valence-corrected chi connectivity index (χ1v) is 7.23. The Balaban J connectivity index is 2.63. The maximum absolute atomic E-state index is 11.9. The highest BCUT2D eigenvalue weighted by atomic mass is 35.5. The molecule has 2 amide bonds. The summed E-state index contributed by atoms with van der Waals surface area (Å²) in [6.07, 6.45) is 0.186. The minimum atomic E-state index is -0.451. The molecule has 0 saturated carbocycles. The molecule has 0 aliphatic heterocycles. The van der Waals surface area contributed by atoms with Crippen LogP contribution in [0.25, 0.3) is 0 Å². The van der Waals surface area contributed by atoms with E-state index in [1.54, 1.807) is 31.2 Å². The number of aliphatic hydroxyl groups is 1. The van der Waals surface area contributed by atoms with Crippen molar-refractivity contribution in [2.45, 2.75) is 38.8 Å². The van der Waals surface area contributed by atoms with E-state index in [0.717, 1.165) is 5.56 Å². The number of rotatable bonds is 7. The second kappa shape index (κ2) is 8.64. The van der Waals surface area contributed by atoms with Crippen LogP contribution in [0.2, 0.25) is 5.02 Å². The van der Waals surface area contributed by atoms with Crippen LogP contribution >= 0.6 is 11.6 Å². The number of benzene rings is 1. The van der Waals surface area contributed by atoms with Crippen LogP contribution in [-0.4, -0.2) is 29.6 Å². The smallest absolute Gasteiger partial charge is 0.222 e. The van der Waals surface area contributed by atoms with E-state index < -0.39 is 12.1 Å². The lowest BCUT2D eigenvalue weighted by atomic mass is 10.0. The van der Waals surface area contributed by atoms with E-state index in [4.69, 9.17) is 16.7 Å². The van der Waals surface area contributed by atoms with Gasteiger partial charge in [-0.25, -0.2) is 0 Å². The molecule has 1 aromatic carbocycles. The first-order chi connectivity index (χ1) is 9.88. The van der Waals surface area contributed by atoms with Gasteiger partial charge in [-0.3, -0.25) is 9.59 Å². The zero-order valence-electron chi connectivity index (χ0n) is 12.2. The van der Waals surface area contributed by atoms with Gasteiger partial charge in [-0.15, -0.1) is 0 Å². The largest absolute Gasteiger partial charge is 0.393 e. The van der Waals surface area contributed by atoms with Crippen LogP contribution < -0.4 is 10.6 Å². The summed E-state index contributed by atoms with van der Waals surface area (Å²) in [5, 5.41) is 15.2. The summed E-state index contributed by atoms with van der Waals surface area (Å²) in [5.74, 6) is -0.379. The lowest BCUT2D eigenvalue weighted by molar-refractivity contribution is -0.122. The maximum Gasteiger partial charge on any atom is 0.222 e. The van der Waals surface area contributed by atoms with Gasteiger partial charge in [0.2, 0.25) is 11.8 Å². The van der Waals surface area contributed by atoms with Crippen molar-refractivity contribution < 1.29 is 14.7 Å². The molecule has 0 aromatic heterocycles. The number of aliphatic hydroxyl groups excluding tert-OH is 1. The minimum Gasteiger partial charge on any atom is -0.393 e. The normalized spacial score (nSPS) is 13.3. The van der Waals surface area contributed by atoms with Gasteiger partial charge in [0, 0.05) is 18.5 Å². The Kier molecular flexibility index (Phi) is 7.19. The van der Waals surface area contributed by atoms with Crippen LogP contribution in [0.1, 0.15) is 38.3 Å². The third-order valence-corrected chi connectivity index (χ3v) is 3.18. The Bertz CT molecular complexity index is 474.